The molecule has 2 N–H and O–H groups in total. The summed E-state index contributed by atoms with van der Waals surface area (Å²) in [6, 6.07) is 2.86. The minimum absolute atomic E-state index is 0.0475. The standard InChI is InChI=1S/C13H17BrN2O5S/c1-9-11(13(17)18)7-10(8-12(9)14)15-22(19,20)16-3-2-5-21-6-4-16/h7-8,15H,2-6H2,1H3,(H,17,18). The molecule has 1 aliphatic rings. The van der Waals surface area contributed by atoms with Crippen molar-refractivity contribution in [2.24, 2.45) is 0 Å². The average Bonchev–Trinajstić information content (AvgIpc) is 2.71. The van der Waals surface area contributed by atoms with Gasteiger partial charge in [-0.2, -0.15) is 12.7 Å². The van der Waals surface area contributed by atoms with Gasteiger partial charge in [0.05, 0.1) is 17.9 Å². The molecule has 0 bridgehead atoms. The predicted molar refractivity (Wildman–Crippen MR) is 85.4 cm³/mol. The number of anilines is 1. The molecule has 0 saturated carbocycles. The van der Waals surface area contributed by atoms with Crippen LogP contribution in [-0.2, 0) is 14.9 Å². The van der Waals surface area contributed by atoms with Crippen LogP contribution in [0.25, 0.3) is 0 Å². The number of rotatable bonds is 4. The van der Waals surface area contributed by atoms with Gasteiger partial charge in [-0.1, -0.05) is 15.9 Å². The van der Waals surface area contributed by atoms with Gasteiger partial charge in [0.1, 0.15) is 0 Å². The maximum Gasteiger partial charge on any atom is 0.336 e. The van der Waals surface area contributed by atoms with Crippen LogP contribution in [0, 0.1) is 6.92 Å². The smallest absolute Gasteiger partial charge is 0.336 e. The lowest BCUT2D eigenvalue weighted by Gasteiger charge is -2.20. The zero-order valence-corrected chi connectivity index (χ0v) is 14.4. The van der Waals surface area contributed by atoms with Crippen molar-refractivity contribution < 1.29 is 23.1 Å². The highest BCUT2D eigenvalue weighted by Gasteiger charge is 2.24. The van der Waals surface area contributed by atoms with E-state index >= 15 is 0 Å². The van der Waals surface area contributed by atoms with Crippen molar-refractivity contribution in [2.75, 3.05) is 31.0 Å². The molecule has 2 rings (SSSR count). The largest absolute Gasteiger partial charge is 0.478 e. The quantitative estimate of drug-likeness (QED) is 0.814. The fourth-order valence-corrected chi connectivity index (χ4v) is 3.83. The molecule has 1 heterocycles. The summed E-state index contributed by atoms with van der Waals surface area (Å²) in [5.74, 6) is -1.11. The van der Waals surface area contributed by atoms with Gasteiger partial charge in [0.2, 0.25) is 0 Å². The summed E-state index contributed by atoms with van der Waals surface area (Å²) in [5, 5.41) is 9.17. The summed E-state index contributed by atoms with van der Waals surface area (Å²) < 4.78 is 34.3. The fourth-order valence-electron chi connectivity index (χ4n) is 2.14. The normalized spacial score (nSPS) is 17.0. The van der Waals surface area contributed by atoms with E-state index in [0.717, 1.165) is 0 Å². The van der Waals surface area contributed by atoms with Crippen molar-refractivity contribution in [3.05, 3.63) is 27.7 Å². The summed E-state index contributed by atoms with van der Waals surface area (Å²) >= 11 is 3.25. The van der Waals surface area contributed by atoms with Gasteiger partial charge >= 0.3 is 16.2 Å². The molecule has 9 heteroatoms. The van der Waals surface area contributed by atoms with E-state index in [-0.39, 0.29) is 17.8 Å². The van der Waals surface area contributed by atoms with E-state index in [4.69, 9.17) is 4.74 Å². The van der Waals surface area contributed by atoms with Crippen LogP contribution in [0.5, 0.6) is 0 Å². The Morgan fingerprint density at radius 1 is 1.36 bits per heavy atom. The second kappa shape index (κ2) is 6.95. The zero-order valence-electron chi connectivity index (χ0n) is 12.0. The topological polar surface area (TPSA) is 95.9 Å². The summed E-state index contributed by atoms with van der Waals surface area (Å²) in [4.78, 5) is 11.2. The first-order valence-corrected chi connectivity index (χ1v) is 8.93. The lowest BCUT2D eigenvalue weighted by Crippen LogP contribution is -2.37. The number of carboxylic acid groups (broad SMARTS) is 1. The number of aromatic carboxylic acids is 1. The first kappa shape index (κ1) is 17.2. The maximum absolute atomic E-state index is 12.4. The van der Waals surface area contributed by atoms with Crippen LogP contribution in [0.2, 0.25) is 0 Å². The van der Waals surface area contributed by atoms with Gasteiger partial charge in [-0.3, -0.25) is 4.72 Å². The van der Waals surface area contributed by atoms with Crippen LogP contribution in [-0.4, -0.2) is 50.1 Å². The third-order valence-electron chi connectivity index (χ3n) is 3.34. The van der Waals surface area contributed by atoms with Crippen molar-refractivity contribution in [3.8, 4) is 0 Å². The van der Waals surface area contributed by atoms with Gasteiger partial charge < -0.3 is 9.84 Å². The molecule has 1 aromatic rings. The highest BCUT2D eigenvalue weighted by atomic mass is 79.9. The molecule has 0 unspecified atom stereocenters. The number of hydrogen-bond donors (Lipinski definition) is 2. The SMILES string of the molecule is Cc1c(Br)cc(NS(=O)(=O)N2CCCOCC2)cc1C(=O)O. The van der Waals surface area contributed by atoms with Gasteiger partial charge in [0.15, 0.2) is 0 Å². The molecule has 0 spiro atoms. The van der Waals surface area contributed by atoms with E-state index in [1.165, 1.54) is 10.4 Å². The lowest BCUT2D eigenvalue weighted by atomic mass is 10.1. The van der Waals surface area contributed by atoms with E-state index in [2.05, 4.69) is 20.7 Å². The van der Waals surface area contributed by atoms with Crippen molar-refractivity contribution in [3.63, 3.8) is 0 Å². The van der Waals surface area contributed by atoms with Crippen molar-refractivity contribution in [2.45, 2.75) is 13.3 Å². The van der Waals surface area contributed by atoms with Crippen molar-refractivity contribution in [1.82, 2.24) is 4.31 Å². The monoisotopic (exact) mass is 392 g/mol. The van der Waals surface area contributed by atoms with Gasteiger partial charge in [0, 0.05) is 24.2 Å². The van der Waals surface area contributed by atoms with Gasteiger partial charge in [0.25, 0.3) is 0 Å². The van der Waals surface area contributed by atoms with Crippen LogP contribution in [0.3, 0.4) is 0 Å². The Morgan fingerprint density at radius 2 is 2.09 bits per heavy atom. The molecule has 1 aliphatic heterocycles. The molecule has 0 atom stereocenters. The Labute approximate surface area is 137 Å². The zero-order chi connectivity index (χ0) is 16.3. The third kappa shape index (κ3) is 3.97. The third-order valence-corrected chi connectivity index (χ3v) is 5.70. The van der Waals surface area contributed by atoms with Gasteiger partial charge in [-0.15, -0.1) is 0 Å². The van der Waals surface area contributed by atoms with Gasteiger partial charge in [-0.05, 0) is 31.0 Å². The minimum Gasteiger partial charge on any atom is -0.478 e. The Balaban J connectivity index is 2.27. The summed E-state index contributed by atoms with van der Waals surface area (Å²) in [5.41, 5.74) is 0.796. The first-order valence-electron chi connectivity index (χ1n) is 6.70. The van der Waals surface area contributed by atoms with Crippen LogP contribution >= 0.6 is 15.9 Å². The van der Waals surface area contributed by atoms with E-state index in [1.807, 2.05) is 0 Å². The Hall–Kier alpha value is -1.16. The molecule has 0 aromatic heterocycles. The number of hydrogen-bond acceptors (Lipinski definition) is 4. The molecule has 0 amide bonds. The number of ether oxygens (including phenoxy) is 1. The average molecular weight is 393 g/mol. The van der Waals surface area contributed by atoms with Crippen molar-refractivity contribution >= 4 is 37.8 Å². The Bertz CT molecular complexity index is 669. The molecular formula is C13H17BrN2O5S. The molecular weight excluding hydrogens is 376 g/mol. The molecule has 1 fully saturated rings. The number of halogens is 1. The molecule has 7 nitrogen and oxygen atoms in total. The molecule has 22 heavy (non-hydrogen) atoms. The molecule has 1 aromatic carbocycles. The minimum atomic E-state index is -3.74. The number of carbonyl (C=O) groups is 1. The van der Waals surface area contributed by atoms with Crippen LogP contribution in [0.15, 0.2) is 16.6 Å². The van der Waals surface area contributed by atoms with Crippen molar-refractivity contribution in [1.29, 1.82) is 0 Å². The number of benzene rings is 1. The summed E-state index contributed by atoms with van der Waals surface area (Å²) in [7, 11) is -3.74. The lowest BCUT2D eigenvalue weighted by molar-refractivity contribution is 0.0696. The molecule has 122 valence electrons. The number of carboxylic acids is 1. The molecule has 0 radical (unpaired) electrons. The van der Waals surface area contributed by atoms with E-state index < -0.39 is 16.2 Å². The summed E-state index contributed by atoms with van der Waals surface area (Å²) in [6.45, 7) is 3.17. The molecule has 0 aliphatic carbocycles. The van der Waals surface area contributed by atoms with E-state index in [1.54, 1.807) is 13.0 Å². The number of nitrogens with zero attached hydrogens (tertiary/aromatic N) is 1. The Morgan fingerprint density at radius 3 is 2.77 bits per heavy atom. The van der Waals surface area contributed by atoms with Crippen LogP contribution in [0.1, 0.15) is 22.3 Å². The van der Waals surface area contributed by atoms with Crippen LogP contribution in [0.4, 0.5) is 5.69 Å². The highest BCUT2D eigenvalue weighted by Crippen LogP contribution is 2.26. The van der Waals surface area contributed by atoms with E-state index in [0.29, 0.717) is 36.2 Å². The highest BCUT2D eigenvalue weighted by molar-refractivity contribution is 9.10. The number of nitrogens with one attached hydrogen (secondary N) is 1. The fraction of sp³-hybridized carbons (Fsp3) is 0.462. The Kier molecular flexibility index (Phi) is 5.43. The van der Waals surface area contributed by atoms with Gasteiger partial charge in [-0.25, -0.2) is 4.79 Å². The molecule has 1 saturated heterocycles. The maximum atomic E-state index is 12.4. The second-order valence-electron chi connectivity index (χ2n) is 4.91. The first-order chi connectivity index (χ1) is 10.3. The predicted octanol–water partition coefficient (Wildman–Crippen LogP) is 1.83. The summed E-state index contributed by atoms with van der Waals surface area (Å²) in [6.07, 6.45) is 0.624. The van der Waals surface area contributed by atoms with Crippen LogP contribution < -0.4 is 4.72 Å². The van der Waals surface area contributed by atoms with E-state index in [9.17, 15) is 18.3 Å². The second-order valence-corrected chi connectivity index (χ2v) is 7.43.